The molecule has 1 saturated heterocycles. The topological polar surface area (TPSA) is 89.9 Å². The molecule has 1 aromatic rings. The van der Waals surface area contributed by atoms with Crippen LogP contribution in [0.5, 0.6) is 0 Å². The predicted octanol–water partition coefficient (Wildman–Crippen LogP) is 1.83. The number of carbonyl (C=O) groups is 2. The lowest BCUT2D eigenvalue weighted by Crippen LogP contribution is -2.41. The van der Waals surface area contributed by atoms with Gasteiger partial charge in [-0.05, 0) is 37.1 Å². The maximum atomic E-state index is 12.0. The molecule has 0 aliphatic carbocycles. The van der Waals surface area contributed by atoms with E-state index in [-0.39, 0.29) is 18.4 Å². The summed E-state index contributed by atoms with van der Waals surface area (Å²) < 4.78 is 0. The number of benzene rings is 1. The minimum atomic E-state index is -0.984. The number of aliphatic carboxylic acids is 1. The number of halogens is 1. The van der Waals surface area contributed by atoms with Crippen molar-refractivity contribution in [3.63, 3.8) is 0 Å². The average Bonchev–Trinajstić information content (AvgIpc) is 2.51. The predicted molar refractivity (Wildman–Crippen MR) is 87.5 cm³/mol. The molecule has 0 spiro atoms. The van der Waals surface area contributed by atoms with Crippen LogP contribution < -0.4 is 5.32 Å². The van der Waals surface area contributed by atoms with Crippen molar-refractivity contribution in [2.24, 2.45) is 5.92 Å². The van der Waals surface area contributed by atoms with E-state index in [2.05, 4.69) is 5.32 Å². The highest BCUT2D eigenvalue weighted by Crippen LogP contribution is 2.17. The van der Waals surface area contributed by atoms with E-state index in [1.807, 2.05) is 4.90 Å². The Kier molecular flexibility index (Phi) is 6.38. The van der Waals surface area contributed by atoms with Gasteiger partial charge < -0.3 is 20.4 Å². The van der Waals surface area contributed by atoms with Gasteiger partial charge in [0.05, 0.1) is 12.0 Å². The monoisotopic (exact) mass is 340 g/mol. The highest BCUT2D eigenvalue weighted by Gasteiger charge is 2.26. The normalized spacial score (nSPS) is 17.7. The fourth-order valence-corrected chi connectivity index (χ4v) is 2.74. The molecular weight excluding hydrogens is 320 g/mol. The lowest BCUT2D eigenvalue weighted by atomic mass is 10.0. The molecule has 1 aromatic carbocycles. The van der Waals surface area contributed by atoms with Gasteiger partial charge in [0.15, 0.2) is 0 Å². The zero-order valence-corrected chi connectivity index (χ0v) is 13.5. The summed E-state index contributed by atoms with van der Waals surface area (Å²) in [7, 11) is 0. The van der Waals surface area contributed by atoms with E-state index in [9.17, 15) is 19.8 Å². The molecule has 3 N–H and O–H groups in total. The number of likely N-dealkylation sites (tertiary alicyclic amines) is 1. The Hall–Kier alpha value is -1.63. The van der Waals surface area contributed by atoms with Crippen LogP contribution in [0.1, 0.15) is 19.3 Å². The van der Waals surface area contributed by atoms with Crippen molar-refractivity contribution in [3.05, 3.63) is 29.3 Å². The van der Waals surface area contributed by atoms with Crippen LogP contribution in [-0.4, -0.2) is 52.7 Å². The first kappa shape index (κ1) is 17.7. The molecule has 1 aliphatic rings. The summed E-state index contributed by atoms with van der Waals surface area (Å²) in [6, 6.07) is 6.65. The number of nitrogens with zero attached hydrogens (tertiary/aromatic N) is 1. The van der Waals surface area contributed by atoms with E-state index in [0.717, 1.165) is 0 Å². The molecule has 0 radical (unpaired) electrons. The lowest BCUT2D eigenvalue weighted by Gasteiger charge is -2.31. The highest BCUT2D eigenvalue weighted by atomic mass is 35.5. The Balaban J connectivity index is 1.87. The molecule has 23 heavy (non-hydrogen) atoms. The Morgan fingerprint density at radius 3 is 2.43 bits per heavy atom. The molecular formula is C16H21ClN2O4. The molecule has 6 nitrogen and oxygen atoms in total. The number of carboxylic acid groups (broad SMARTS) is 1. The minimum absolute atomic E-state index is 0.0863. The van der Waals surface area contributed by atoms with E-state index < -0.39 is 11.9 Å². The van der Waals surface area contributed by atoms with E-state index in [1.54, 1.807) is 24.3 Å². The van der Waals surface area contributed by atoms with Crippen LogP contribution >= 0.6 is 11.6 Å². The van der Waals surface area contributed by atoms with E-state index in [1.165, 1.54) is 0 Å². The fourth-order valence-electron chi connectivity index (χ4n) is 2.61. The largest absolute Gasteiger partial charge is 0.481 e. The van der Waals surface area contributed by atoms with Gasteiger partial charge in [-0.25, -0.2) is 0 Å². The third kappa shape index (κ3) is 5.82. The van der Waals surface area contributed by atoms with Crippen molar-refractivity contribution >= 4 is 29.2 Å². The number of anilines is 1. The number of hydrogen-bond acceptors (Lipinski definition) is 4. The maximum absolute atomic E-state index is 12.0. The van der Waals surface area contributed by atoms with Crippen molar-refractivity contribution in [2.45, 2.75) is 25.4 Å². The highest BCUT2D eigenvalue weighted by molar-refractivity contribution is 6.30. The second-order valence-electron chi connectivity index (χ2n) is 5.83. The van der Waals surface area contributed by atoms with E-state index in [4.69, 9.17) is 11.6 Å². The number of carbonyl (C=O) groups excluding carboxylic acids is 1. The summed E-state index contributed by atoms with van der Waals surface area (Å²) in [4.78, 5) is 25.4. The van der Waals surface area contributed by atoms with Gasteiger partial charge in [0.1, 0.15) is 0 Å². The number of hydrogen-bond donors (Lipinski definition) is 3. The molecule has 7 heteroatoms. The standard InChI is InChI=1S/C16H21ClN2O4/c17-12-1-3-13(4-2-12)18-15(21)9-11(16(22)23)10-19-7-5-14(20)6-8-19/h1-4,11,14,20H,5-10H2,(H,18,21)(H,22,23)/t11-/m0/s1. The summed E-state index contributed by atoms with van der Waals surface area (Å²) >= 11 is 5.78. The molecule has 2 rings (SSSR count). The average molecular weight is 341 g/mol. The fraction of sp³-hybridized carbons (Fsp3) is 0.500. The van der Waals surface area contributed by atoms with Gasteiger partial charge in [-0.15, -0.1) is 0 Å². The molecule has 0 aromatic heterocycles. The van der Waals surface area contributed by atoms with Gasteiger partial charge in [0.25, 0.3) is 0 Å². The Morgan fingerprint density at radius 2 is 1.87 bits per heavy atom. The molecule has 1 fully saturated rings. The number of nitrogens with one attached hydrogen (secondary N) is 1. The van der Waals surface area contributed by atoms with Gasteiger partial charge in [-0.1, -0.05) is 11.6 Å². The molecule has 1 heterocycles. The van der Waals surface area contributed by atoms with Gasteiger partial charge in [0.2, 0.25) is 5.91 Å². The third-order valence-electron chi connectivity index (χ3n) is 3.94. The number of piperidine rings is 1. The lowest BCUT2D eigenvalue weighted by molar-refractivity contribution is -0.144. The van der Waals surface area contributed by atoms with Crippen LogP contribution in [-0.2, 0) is 9.59 Å². The summed E-state index contributed by atoms with van der Waals surface area (Å²) in [5.41, 5.74) is 0.588. The first-order valence-electron chi connectivity index (χ1n) is 7.62. The SMILES string of the molecule is O=C(C[C@@H](CN1CCC(O)CC1)C(=O)O)Nc1ccc(Cl)cc1. The smallest absolute Gasteiger partial charge is 0.308 e. The number of aliphatic hydroxyl groups excluding tert-OH is 1. The van der Waals surface area contributed by atoms with Gasteiger partial charge in [-0.3, -0.25) is 9.59 Å². The van der Waals surface area contributed by atoms with Crippen LogP contribution in [0.3, 0.4) is 0 Å². The van der Waals surface area contributed by atoms with Crippen molar-refractivity contribution in [1.82, 2.24) is 4.90 Å². The van der Waals surface area contributed by atoms with Crippen molar-refractivity contribution in [3.8, 4) is 0 Å². The number of aliphatic hydroxyl groups is 1. The van der Waals surface area contributed by atoms with Gasteiger partial charge in [-0.2, -0.15) is 0 Å². The number of amides is 1. The number of carboxylic acids is 1. The Labute approximate surface area is 140 Å². The Bertz CT molecular complexity index is 542. The van der Waals surface area contributed by atoms with Crippen LogP contribution in [0.4, 0.5) is 5.69 Å². The maximum Gasteiger partial charge on any atom is 0.308 e. The first-order valence-corrected chi connectivity index (χ1v) is 8.00. The van der Waals surface area contributed by atoms with E-state index >= 15 is 0 Å². The summed E-state index contributed by atoms with van der Waals surface area (Å²) in [5, 5.41) is 22.1. The molecule has 0 saturated carbocycles. The first-order chi connectivity index (χ1) is 10.9. The molecule has 1 aliphatic heterocycles. The van der Waals surface area contributed by atoms with E-state index in [0.29, 0.717) is 43.2 Å². The van der Waals surface area contributed by atoms with Crippen molar-refractivity contribution in [1.29, 1.82) is 0 Å². The van der Waals surface area contributed by atoms with Crippen LogP contribution in [0, 0.1) is 5.92 Å². The third-order valence-corrected chi connectivity index (χ3v) is 4.20. The van der Waals surface area contributed by atoms with Crippen molar-refractivity contribution in [2.75, 3.05) is 25.0 Å². The van der Waals surface area contributed by atoms with Crippen LogP contribution in [0.25, 0.3) is 0 Å². The van der Waals surface area contributed by atoms with Crippen LogP contribution in [0.2, 0.25) is 5.02 Å². The second kappa shape index (κ2) is 8.29. The molecule has 1 amide bonds. The molecule has 126 valence electrons. The summed E-state index contributed by atoms with van der Waals surface area (Å²) in [6.07, 6.45) is 0.895. The summed E-state index contributed by atoms with van der Waals surface area (Å²) in [5.74, 6) is -2.09. The molecule has 0 bridgehead atoms. The Morgan fingerprint density at radius 1 is 1.26 bits per heavy atom. The number of rotatable bonds is 6. The minimum Gasteiger partial charge on any atom is -0.481 e. The zero-order valence-electron chi connectivity index (χ0n) is 12.7. The quantitative estimate of drug-likeness (QED) is 0.735. The summed E-state index contributed by atoms with van der Waals surface area (Å²) in [6.45, 7) is 1.63. The molecule has 0 unspecified atom stereocenters. The van der Waals surface area contributed by atoms with Gasteiger partial charge >= 0.3 is 5.97 Å². The van der Waals surface area contributed by atoms with Gasteiger partial charge in [0, 0.05) is 36.8 Å². The second-order valence-corrected chi connectivity index (χ2v) is 6.26. The zero-order chi connectivity index (χ0) is 16.8. The van der Waals surface area contributed by atoms with Crippen LogP contribution in [0.15, 0.2) is 24.3 Å². The van der Waals surface area contributed by atoms with Crippen molar-refractivity contribution < 1.29 is 19.8 Å². The molecule has 1 atom stereocenters.